The number of halogens is 1. The Labute approximate surface area is 221 Å². The SMILES string of the molecule is CNC(=O)[C@@H](CC(C)C)Nc1nc(-c2cnn(C)c2)c2c(c1F)CN(Cc1ccc(OC)cc1OC)C2=O. The van der Waals surface area contributed by atoms with Crippen LogP contribution in [0.4, 0.5) is 10.2 Å². The molecular formula is C27H33FN6O4. The number of rotatable bonds is 10. The van der Waals surface area contributed by atoms with E-state index in [2.05, 4.69) is 20.7 Å². The van der Waals surface area contributed by atoms with Gasteiger partial charge in [0, 0.05) is 49.6 Å². The number of aromatic nitrogens is 3. The van der Waals surface area contributed by atoms with Gasteiger partial charge in [-0.15, -0.1) is 0 Å². The van der Waals surface area contributed by atoms with Gasteiger partial charge in [-0.25, -0.2) is 9.37 Å². The predicted octanol–water partition coefficient (Wildman–Crippen LogP) is 3.37. The van der Waals surface area contributed by atoms with E-state index < -0.39 is 11.9 Å². The molecule has 0 unspecified atom stereocenters. The van der Waals surface area contributed by atoms with E-state index in [0.29, 0.717) is 29.2 Å². The normalized spacial score (nSPS) is 13.5. The average Bonchev–Trinajstić information content (AvgIpc) is 3.48. The molecule has 202 valence electrons. The van der Waals surface area contributed by atoms with E-state index in [9.17, 15) is 9.59 Å². The van der Waals surface area contributed by atoms with Crippen LogP contribution in [0.1, 0.15) is 41.8 Å². The highest BCUT2D eigenvalue weighted by atomic mass is 19.1. The van der Waals surface area contributed by atoms with Gasteiger partial charge >= 0.3 is 0 Å². The summed E-state index contributed by atoms with van der Waals surface area (Å²) in [7, 11) is 6.39. The number of nitrogens with one attached hydrogen (secondary N) is 2. The molecule has 4 rings (SSSR count). The van der Waals surface area contributed by atoms with E-state index >= 15 is 4.39 Å². The molecule has 0 fully saturated rings. The van der Waals surface area contributed by atoms with Crippen LogP contribution in [0.3, 0.4) is 0 Å². The van der Waals surface area contributed by atoms with Crippen LogP contribution < -0.4 is 20.1 Å². The fraction of sp³-hybridized carbons (Fsp3) is 0.407. The van der Waals surface area contributed by atoms with Crippen LogP contribution in [-0.4, -0.2) is 58.8 Å². The number of hydrogen-bond donors (Lipinski definition) is 2. The molecule has 2 aromatic heterocycles. The number of anilines is 1. The molecule has 10 nitrogen and oxygen atoms in total. The van der Waals surface area contributed by atoms with Crippen molar-refractivity contribution in [3.8, 4) is 22.8 Å². The number of likely N-dealkylation sites (N-methyl/N-ethyl adjacent to an activating group) is 1. The molecule has 2 N–H and O–H groups in total. The average molecular weight is 525 g/mol. The molecule has 0 aliphatic carbocycles. The highest BCUT2D eigenvalue weighted by Crippen LogP contribution is 2.37. The number of fused-ring (bicyclic) bond motifs is 1. The van der Waals surface area contributed by atoms with Gasteiger partial charge in [0.25, 0.3) is 5.91 Å². The maximum Gasteiger partial charge on any atom is 0.257 e. The predicted molar refractivity (Wildman–Crippen MR) is 140 cm³/mol. The molecule has 3 heterocycles. The molecule has 1 aliphatic rings. The number of pyridine rings is 1. The van der Waals surface area contributed by atoms with Crippen molar-refractivity contribution in [3.63, 3.8) is 0 Å². The second-order valence-corrected chi connectivity index (χ2v) is 9.66. The van der Waals surface area contributed by atoms with Gasteiger partial charge in [-0.1, -0.05) is 13.8 Å². The molecule has 1 atom stereocenters. The zero-order chi connectivity index (χ0) is 27.6. The molecule has 1 aliphatic heterocycles. The number of methoxy groups -OCH3 is 2. The third-order valence-electron chi connectivity index (χ3n) is 6.50. The Kier molecular flexibility index (Phi) is 7.84. The number of aryl methyl sites for hydroxylation is 1. The Balaban J connectivity index is 1.76. The number of carbonyl (C=O) groups excluding carboxylic acids is 2. The molecule has 3 aromatic rings. The first-order chi connectivity index (χ1) is 18.2. The number of amides is 2. The molecule has 2 amide bonds. The van der Waals surface area contributed by atoms with Crippen LogP contribution in [0, 0.1) is 11.7 Å². The lowest BCUT2D eigenvalue weighted by Crippen LogP contribution is -2.39. The van der Waals surface area contributed by atoms with Gasteiger partial charge in [-0.05, 0) is 24.5 Å². The lowest BCUT2D eigenvalue weighted by atomic mass is 10.0. The minimum atomic E-state index is -0.696. The molecule has 0 bridgehead atoms. The lowest BCUT2D eigenvalue weighted by molar-refractivity contribution is -0.121. The van der Waals surface area contributed by atoms with Gasteiger partial charge in [0.2, 0.25) is 5.91 Å². The Bertz CT molecular complexity index is 1360. The van der Waals surface area contributed by atoms with Crippen molar-refractivity contribution in [2.45, 2.75) is 39.4 Å². The van der Waals surface area contributed by atoms with Crippen molar-refractivity contribution in [1.29, 1.82) is 0 Å². The van der Waals surface area contributed by atoms with E-state index in [1.54, 1.807) is 55.4 Å². The summed E-state index contributed by atoms with van der Waals surface area (Å²) >= 11 is 0. The van der Waals surface area contributed by atoms with E-state index in [1.807, 2.05) is 19.9 Å². The zero-order valence-corrected chi connectivity index (χ0v) is 22.5. The van der Waals surface area contributed by atoms with Crippen molar-refractivity contribution in [2.75, 3.05) is 26.6 Å². The lowest BCUT2D eigenvalue weighted by Gasteiger charge is -2.21. The maximum atomic E-state index is 16.0. The number of ether oxygens (including phenoxy) is 2. The van der Waals surface area contributed by atoms with E-state index in [1.165, 1.54) is 7.05 Å². The Morgan fingerprint density at radius 1 is 1.24 bits per heavy atom. The molecule has 11 heteroatoms. The number of benzene rings is 1. The van der Waals surface area contributed by atoms with Crippen molar-refractivity contribution >= 4 is 17.6 Å². The highest BCUT2D eigenvalue weighted by Gasteiger charge is 2.37. The van der Waals surface area contributed by atoms with Crippen molar-refractivity contribution < 1.29 is 23.5 Å². The summed E-state index contributed by atoms with van der Waals surface area (Å²) in [5.74, 6) is 0.0162. The van der Waals surface area contributed by atoms with Crippen LogP contribution in [0.25, 0.3) is 11.3 Å². The second-order valence-electron chi connectivity index (χ2n) is 9.66. The second kappa shape index (κ2) is 11.1. The van der Waals surface area contributed by atoms with E-state index in [4.69, 9.17) is 9.47 Å². The van der Waals surface area contributed by atoms with Gasteiger partial charge in [-0.2, -0.15) is 5.10 Å². The van der Waals surface area contributed by atoms with Gasteiger partial charge in [-0.3, -0.25) is 14.3 Å². The number of carbonyl (C=O) groups is 2. The van der Waals surface area contributed by atoms with E-state index in [-0.39, 0.29) is 47.8 Å². The highest BCUT2D eigenvalue weighted by molar-refractivity contribution is 6.04. The Morgan fingerprint density at radius 2 is 2.00 bits per heavy atom. The molecule has 0 saturated carbocycles. The quantitative estimate of drug-likeness (QED) is 0.418. The summed E-state index contributed by atoms with van der Waals surface area (Å²) in [5, 5.41) is 9.83. The third-order valence-corrected chi connectivity index (χ3v) is 6.50. The Hall–Kier alpha value is -4.15. The van der Waals surface area contributed by atoms with Gasteiger partial charge in [0.15, 0.2) is 11.6 Å². The smallest absolute Gasteiger partial charge is 0.257 e. The summed E-state index contributed by atoms with van der Waals surface area (Å²) in [6.45, 7) is 4.20. The standard InChI is InChI=1S/C27H33FN6O4/c1-15(2)9-20(26(35)29-3)31-25-23(28)19-14-34(13-16-7-8-18(37-5)10-21(16)38-6)27(36)22(19)24(32-25)17-11-30-33(4)12-17/h7-8,10-12,15,20H,9,13-14H2,1-6H3,(H,29,35)(H,31,32)/t20-/m1/s1. The summed E-state index contributed by atoms with van der Waals surface area (Å²) in [4.78, 5) is 32.3. The fourth-order valence-electron chi connectivity index (χ4n) is 4.62. The van der Waals surface area contributed by atoms with Crippen molar-refractivity contribution in [1.82, 2.24) is 25.0 Å². The Morgan fingerprint density at radius 3 is 2.61 bits per heavy atom. The first kappa shape index (κ1) is 26.9. The van der Waals surface area contributed by atoms with Gasteiger partial charge in [0.1, 0.15) is 17.5 Å². The van der Waals surface area contributed by atoms with Crippen LogP contribution in [-0.2, 0) is 24.9 Å². The van der Waals surface area contributed by atoms with Crippen LogP contribution in [0.5, 0.6) is 11.5 Å². The summed E-state index contributed by atoms with van der Waals surface area (Å²) in [5.41, 5.74) is 2.05. The van der Waals surface area contributed by atoms with Crippen molar-refractivity contribution in [2.24, 2.45) is 13.0 Å². The van der Waals surface area contributed by atoms with Crippen molar-refractivity contribution in [3.05, 3.63) is 53.1 Å². The monoisotopic (exact) mass is 524 g/mol. The number of hydrogen-bond acceptors (Lipinski definition) is 7. The van der Waals surface area contributed by atoms with Crippen LogP contribution >= 0.6 is 0 Å². The van der Waals surface area contributed by atoms with Gasteiger partial charge < -0.3 is 25.0 Å². The molecule has 0 saturated heterocycles. The summed E-state index contributed by atoms with van der Waals surface area (Å²) in [6, 6.07) is 4.64. The molecule has 0 spiro atoms. The summed E-state index contributed by atoms with van der Waals surface area (Å²) < 4.78 is 28.3. The first-order valence-corrected chi connectivity index (χ1v) is 12.4. The first-order valence-electron chi connectivity index (χ1n) is 12.4. The fourth-order valence-corrected chi connectivity index (χ4v) is 4.62. The molecule has 1 aromatic carbocycles. The maximum absolute atomic E-state index is 16.0. The zero-order valence-electron chi connectivity index (χ0n) is 22.5. The van der Waals surface area contributed by atoms with Gasteiger partial charge in [0.05, 0.1) is 38.2 Å². The largest absolute Gasteiger partial charge is 0.497 e. The molecule has 0 radical (unpaired) electrons. The minimum Gasteiger partial charge on any atom is -0.497 e. The molecular weight excluding hydrogens is 491 g/mol. The van der Waals surface area contributed by atoms with E-state index in [0.717, 1.165) is 5.56 Å². The number of nitrogens with zero attached hydrogens (tertiary/aromatic N) is 4. The molecule has 38 heavy (non-hydrogen) atoms. The minimum absolute atomic E-state index is 0.0362. The third kappa shape index (κ3) is 5.27. The van der Waals surface area contributed by atoms with Crippen LogP contribution in [0.15, 0.2) is 30.6 Å². The van der Waals surface area contributed by atoms with Crippen LogP contribution in [0.2, 0.25) is 0 Å². The summed E-state index contributed by atoms with van der Waals surface area (Å²) in [6.07, 6.45) is 3.77. The topological polar surface area (TPSA) is 111 Å².